The fourth-order valence-corrected chi connectivity index (χ4v) is 3.75. The second kappa shape index (κ2) is 8.89. The first kappa shape index (κ1) is 21.0. The molecule has 0 saturated carbocycles. The Morgan fingerprint density at radius 2 is 1.66 bits per heavy atom. The van der Waals surface area contributed by atoms with Gasteiger partial charge in [0.1, 0.15) is 0 Å². The van der Waals surface area contributed by atoms with E-state index >= 15 is 0 Å². The van der Waals surface area contributed by atoms with Gasteiger partial charge in [0.15, 0.2) is 0 Å². The van der Waals surface area contributed by atoms with Crippen molar-refractivity contribution in [3.63, 3.8) is 0 Å². The number of pyridine rings is 1. The van der Waals surface area contributed by atoms with Gasteiger partial charge < -0.3 is 16.0 Å². The molecule has 3 aromatic rings. The van der Waals surface area contributed by atoms with Gasteiger partial charge in [-0.05, 0) is 48.5 Å². The number of carbonyl (C=O) groups excluding carboxylic acids is 3. The normalized spacial score (nSPS) is 15.6. The molecule has 8 heteroatoms. The van der Waals surface area contributed by atoms with E-state index in [9.17, 15) is 19.2 Å². The van der Waals surface area contributed by atoms with Crippen molar-refractivity contribution in [2.24, 2.45) is 11.7 Å². The quantitative estimate of drug-likeness (QED) is 0.620. The van der Waals surface area contributed by atoms with Crippen LogP contribution in [0.3, 0.4) is 0 Å². The molecule has 1 aliphatic heterocycles. The van der Waals surface area contributed by atoms with Crippen molar-refractivity contribution in [1.82, 2.24) is 9.88 Å². The first-order chi connectivity index (χ1) is 15.4. The standard InChI is InChI=1S/C24H22N4O4/c25-23(31)17-4-3-5-18(13-17)24(32)26-14-16-12-22(30)28(15-16)20-9-7-19(8-10-20)27-11-2-1-6-21(27)29/h1-11,13,16H,12,14-15H2,(H2,25,31)(H,26,32). The SMILES string of the molecule is NC(=O)c1cccc(C(=O)NCC2CC(=O)N(c3ccc(-n4ccccc4=O)cc3)C2)c1. The summed E-state index contributed by atoms with van der Waals surface area (Å²) in [7, 11) is 0. The molecule has 0 radical (unpaired) electrons. The Morgan fingerprint density at radius 1 is 0.938 bits per heavy atom. The van der Waals surface area contributed by atoms with E-state index in [1.165, 1.54) is 16.7 Å². The molecule has 1 aromatic heterocycles. The Kier molecular flexibility index (Phi) is 5.85. The van der Waals surface area contributed by atoms with Crippen LogP contribution in [0, 0.1) is 5.92 Å². The molecule has 1 fully saturated rings. The molecule has 1 saturated heterocycles. The molecule has 1 atom stereocenters. The lowest BCUT2D eigenvalue weighted by atomic mass is 10.1. The monoisotopic (exact) mass is 430 g/mol. The molecule has 8 nitrogen and oxygen atoms in total. The molecule has 3 N–H and O–H groups in total. The topological polar surface area (TPSA) is 114 Å². The van der Waals surface area contributed by atoms with Crippen molar-refractivity contribution in [3.8, 4) is 5.69 Å². The summed E-state index contributed by atoms with van der Waals surface area (Å²) in [5, 5.41) is 2.83. The first-order valence-corrected chi connectivity index (χ1v) is 10.2. The number of hydrogen-bond acceptors (Lipinski definition) is 4. The number of benzene rings is 2. The summed E-state index contributed by atoms with van der Waals surface area (Å²) in [6.07, 6.45) is 2.01. The minimum atomic E-state index is -0.597. The van der Waals surface area contributed by atoms with E-state index in [2.05, 4.69) is 5.32 Å². The lowest BCUT2D eigenvalue weighted by Gasteiger charge is -2.18. The highest BCUT2D eigenvalue weighted by atomic mass is 16.2. The summed E-state index contributed by atoms with van der Waals surface area (Å²) in [5.41, 5.74) is 7.20. The molecule has 2 aromatic carbocycles. The van der Waals surface area contributed by atoms with E-state index in [0.717, 1.165) is 5.69 Å². The van der Waals surface area contributed by atoms with Gasteiger partial charge in [-0.1, -0.05) is 12.1 Å². The minimum Gasteiger partial charge on any atom is -0.366 e. The van der Waals surface area contributed by atoms with Crippen LogP contribution in [0.5, 0.6) is 0 Å². The van der Waals surface area contributed by atoms with Gasteiger partial charge in [0.05, 0.1) is 0 Å². The first-order valence-electron chi connectivity index (χ1n) is 10.2. The molecule has 162 valence electrons. The van der Waals surface area contributed by atoms with Crippen LogP contribution >= 0.6 is 0 Å². The lowest BCUT2D eigenvalue weighted by Crippen LogP contribution is -2.31. The number of rotatable bonds is 6. The molecule has 1 aliphatic rings. The highest BCUT2D eigenvalue weighted by Gasteiger charge is 2.30. The van der Waals surface area contributed by atoms with Crippen LogP contribution in [-0.2, 0) is 4.79 Å². The van der Waals surface area contributed by atoms with Gasteiger partial charge in [0.25, 0.3) is 11.5 Å². The Bertz CT molecular complexity index is 1230. The van der Waals surface area contributed by atoms with Gasteiger partial charge in [-0.15, -0.1) is 0 Å². The lowest BCUT2D eigenvalue weighted by molar-refractivity contribution is -0.117. The Balaban J connectivity index is 1.38. The van der Waals surface area contributed by atoms with Crippen LogP contribution in [0.1, 0.15) is 27.1 Å². The minimum absolute atomic E-state index is 0.0235. The van der Waals surface area contributed by atoms with Crippen molar-refractivity contribution < 1.29 is 14.4 Å². The van der Waals surface area contributed by atoms with Crippen LogP contribution in [0.2, 0.25) is 0 Å². The molecule has 32 heavy (non-hydrogen) atoms. The maximum Gasteiger partial charge on any atom is 0.255 e. The zero-order valence-corrected chi connectivity index (χ0v) is 17.2. The number of nitrogens with one attached hydrogen (secondary N) is 1. The third-order valence-corrected chi connectivity index (χ3v) is 5.43. The number of aromatic nitrogens is 1. The van der Waals surface area contributed by atoms with E-state index in [1.807, 2.05) is 12.1 Å². The number of primary amides is 1. The summed E-state index contributed by atoms with van der Waals surface area (Å²) < 4.78 is 1.53. The summed E-state index contributed by atoms with van der Waals surface area (Å²) in [6, 6.07) is 18.4. The van der Waals surface area contributed by atoms with Gasteiger partial charge in [0.2, 0.25) is 11.8 Å². The average molecular weight is 430 g/mol. The van der Waals surface area contributed by atoms with Crippen LogP contribution in [-0.4, -0.2) is 35.4 Å². The van der Waals surface area contributed by atoms with Crippen molar-refractivity contribution in [2.45, 2.75) is 6.42 Å². The second-order valence-corrected chi connectivity index (χ2v) is 7.65. The maximum absolute atomic E-state index is 12.5. The third kappa shape index (κ3) is 4.44. The summed E-state index contributed by atoms with van der Waals surface area (Å²) in [6.45, 7) is 0.810. The number of amides is 3. The number of nitrogens with two attached hydrogens (primary N) is 1. The predicted octanol–water partition coefficient (Wildman–Crippen LogP) is 1.72. The van der Waals surface area contributed by atoms with Crippen molar-refractivity contribution in [1.29, 1.82) is 0 Å². The molecular formula is C24H22N4O4. The van der Waals surface area contributed by atoms with E-state index in [0.29, 0.717) is 30.8 Å². The molecule has 1 unspecified atom stereocenters. The Labute approximate surface area is 184 Å². The molecule has 4 rings (SSSR count). The van der Waals surface area contributed by atoms with Crippen LogP contribution < -0.4 is 21.5 Å². The Morgan fingerprint density at radius 3 is 2.38 bits per heavy atom. The highest BCUT2D eigenvalue weighted by Crippen LogP contribution is 2.25. The smallest absolute Gasteiger partial charge is 0.255 e. The predicted molar refractivity (Wildman–Crippen MR) is 120 cm³/mol. The highest BCUT2D eigenvalue weighted by molar-refractivity contribution is 5.99. The maximum atomic E-state index is 12.5. The van der Waals surface area contributed by atoms with E-state index < -0.39 is 5.91 Å². The molecular weight excluding hydrogens is 408 g/mol. The van der Waals surface area contributed by atoms with Crippen LogP contribution in [0.4, 0.5) is 5.69 Å². The van der Waals surface area contributed by atoms with Crippen LogP contribution in [0.15, 0.2) is 77.7 Å². The Hall–Kier alpha value is -4.20. The number of nitrogens with zero attached hydrogens (tertiary/aromatic N) is 2. The fourth-order valence-electron chi connectivity index (χ4n) is 3.75. The summed E-state index contributed by atoms with van der Waals surface area (Å²) >= 11 is 0. The van der Waals surface area contributed by atoms with Crippen molar-refractivity contribution >= 4 is 23.4 Å². The van der Waals surface area contributed by atoms with Crippen molar-refractivity contribution in [2.75, 3.05) is 18.0 Å². The van der Waals surface area contributed by atoms with E-state index in [1.54, 1.807) is 53.6 Å². The van der Waals surface area contributed by atoms with E-state index in [-0.39, 0.29) is 28.9 Å². The van der Waals surface area contributed by atoms with E-state index in [4.69, 9.17) is 5.73 Å². The molecule has 0 spiro atoms. The number of anilines is 1. The fraction of sp³-hybridized carbons (Fsp3) is 0.167. The van der Waals surface area contributed by atoms with Crippen molar-refractivity contribution in [3.05, 3.63) is 94.4 Å². The number of hydrogen-bond donors (Lipinski definition) is 2. The van der Waals surface area contributed by atoms with Crippen LogP contribution in [0.25, 0.3) is 5.69 Å². The third-order valence-electron chi connectivity index (χ3n) is 5.43. The molecule has 0 aliphatic carbocycles. The average Bonchev–Trinajstić information content (AvgIpc) is 3.18. The van der Waals surface area contributed by atoms with Gasteiger partial charge in [0, 0.05) is 60.2 Å². The largest absolute Gasteiger partial charge is 0.366 e. The molecule has 0 bridgehead atoms. The molecule has 2 heterocycles. The zero-order valence-electron chi connectivity index (χ0n) is 17.2. The second-order valence-electron chi connectivity index (χ2n) is 7.65. The summed E-state index contributed by atoms with van der Waals surface area (Å²) in [5.74, 6) is -0.983. The van der Waals surface area contributed by atoms with Gasteiger partial charge >= 0.3 is 0 Å². The van der Waals surface area contributed by atoms with Gasteiger partial charge in [-0.3, -0.25) is 23.7 Å². The summed E-state index contributed by atoms with van der Waals surface area (Å²) in [4.78, 5) is 49.9. The number of carbonyl (C=O) groups is 3. The van der Waals surface area contributed by atoms with Gasteiger partial charge in [-0.2, -0.15) is 0 Å². The molecule has 3 amide bonds. The zero-order chi connectivity index (χ0) is 22.7. The van der Waals surface area contributed by atoms with Gasteiger partial charge in [-0.25, -0.2) is 0 Å².